The van der Waals surface area contributed by atoms with Gasteiger partial charge in [0.15, 0.2) is 5.96 Å². The van der Waals surface area contributed by atoms with Crippen LogP contribution in [0.2, 0.25) is 0 Å². The topological polar surface area (TPSA) is 68.2 Å². The molecule has 5 heteroatoms. The number of nitrogens with one attached hydrogen (secondary N) is 1. The minimum absolute atomic E-state index is 0.425. The maximum atomic E-state index is 5.77. The molecule has 0 aliphatic carbocycles. The first-order chi connectivity index (χ1) is 10.1. The Hall–Kier alpha value is -2.56. The highest BCUT2D eigenvalue weighted by Gasteiger charge is 2.00. The van der Waals surface area contributed by atoms with Gasteiger partial charge in [-0.3, -0.25) is 4.68 Å². The average Bonchev–Trinajstić information content (AvgIpc) is 2.91. The van der Waals surface area contributed by atoms with Crippen LogP contribution >= 0.6 is 0 Å². The summed E-state index contributed by atoms with van der Waals surface area (Å²) in [6.07, 6.45) is 3.81. The molecule has 1 heterocycles. The van der Waals surface area contributed by atoms with E-state index in [0.29, 0.717) is 19.0 Å². The number of guanidine groups is 1. The molecule has 0 bridgehead atoms. The maximum Gasteiger partial charge on any atom is 0.189 e. The van der Waals surface area contributed by atoms with Crippen molar-refractivity contribution in [3.63, 3.8) is 0 Å². The number of hydrogen-bond donors (Lipinski definition) is 2. The van der Waals surface area contributed by atoms with Crippen LogP contribution in [0.15, 0.2) is 59.9 Å². The highest BCUT2D eigenvalue weighted by molar-refractivity contribution is 5.78. The molecule has 1 aromatic heterocycles. The molecule has 0 unspecified atom stereocenters. The van der Waals surface area contributed by atoms with Crippen molar-refractivity contribution in [1.29, 1.82) is 0 Å². The minimum atomic E-state index is 0.425. The smallest absolute Gasteiger partial charge is 0.189 e. The van der Waals surface area contributed by atoms with Gasteiger partial charge in [0.05, 0.1) is 19.3 Å². The molecule has 0 saturated carbocycles. The van der Waals surface area contributed by atoms with Gasteiger partial charge in [0.25, 0.3) is 0 Å². The second-order valence-electron chi connectivity index (χ2n) is 5.04. The van der Waals surface area contributed by atoms with Crippen LogP contribution in [0.3, 0.4) is 0 Å². The number of benzene rings is 1. The predicted octanol–water partition coefficient (Wildman–Crippen LogP) is 1.91. The van der Waals surface area contributed by atoms with E-state index in [2.05, 4.69) is 34.1 Å². The summed E-state index contributed by atoms with van der Waals surface area (Å²) in [7, 11) is 0. The Morgan fingerprint density at radius 2 is 2.10 bits per heavy atom. The van der Waals surface area contributed by atoms with Crippen LogP contribution in [0.4, 0.5) is 0 Å². The van der Waals surface area contributed by atoms with Crippen molar-refractivity contribution < 1.29 is 0 Å². The lowest BCUT2D eigenvalue weighted by molar-refractivity contribution is 0.686. The first-order valence-electron chi connectivity index (χ1n) is 6.87. The molecule has 2 aromatic rings. The van der Waals surface area contributed by atoms with Gasteiger partial charge in [0.1, 0.15) is 0 Å². The van der Waals surface area contributed by atoms with Gasteiger partial charge in [-0.15, -0.1) is 0 Å². The Bertz CT molecular complexity index is 613. The quantitative estimate of drug-likeness (QED) is 0.483. The minimum Gasteiger partial charge on any atom is -0.370 e. The normalized spacial score (nSPS) is 11.4. The molecule has 0 spiro atoms. The Labute approximate surface area is 125 Å². The fourth-order valence-corrected chi connectivity index (χ4v) is 1.82. The third-order valence-corrected chi connectivity index (χ3v) is 2.88. The van der Waals surface area contributed by atoms with E-state index in [1.807, 2.05) is 42.2 Å². The summed E-state index contributed by atoms with van der Waals surface area (Å²) in [6, 6.07) is 10.2. The van der Waals surface area contributed by atoms with Gasteiger partial charge >= 0.3 is 0 Å². The Balaban J connectivity index is 1.88. The van der Waals surface area contributed by atoms with Crippen molar-refractivity contribution in [3.8, 4) is 0 Å². The van der Waals surface area contributed by atoms with Gasteiger partial charge in [-0.2, -0.15) is 5.10 Å². The van der Waals surface area contributed by atoms with Crippen LogP contribution < -0.4 is 11.1 Å². The molecule has 5 nitrogen and oxygen atoms in total. The van der Waals surface area contributed by atoms with E-state index in [4.69, 9.17) is 5.73 Å². The van der Waals surface area contributed by atoms with Crippen LogP contribution in [0.25, 0.3) is 0 Å². The van der Waals surface area contributed by atoms with Crippen molar-refractivity contribution >= 4 is 5.96 Å². The molecule has 110 valence electrons. The summed E-state index contributed by atoms with van der Waals surface area (Å²) >= 11 is 0. The lowest BCUT2D eigenvalue weighted by atomic mass is 10.2. The molecule has 2 rings (SSSR count). The second kappa shape index (κ2) is 7.28. The van der Waals surface area contributed by atoms with Gasteiger partial charge in [-0.1, -0.05) is 42.5 Å². The number of nitrogens with two attached hydrogens (primary N) is 1. The zero-order valence-electron chi connectivity index (χ0n) is 12.3. The van der Waals surface area contributed by atoms with E-state index in [1.54, 1.807) is 0 Å². The predicted molar refractivity (Wildman–Crippen MR) is 85.9 cm³/mol. The Kier molecular flexibility index (Phi) is 5.15. The molecule has 0 saturated heterocycles. The highest BCUT2D eigenvalue weighted by Crippen LogP contribution is 2.04. The van der Waals surface area contributed by atoms with Gasteiger partial charge in [0, 0.05) is 18.3 Å². The molecule has 0 atom stereocenters. The lowest BCUT2D eigenvalue weighted by Crippen LogP contribution is -2.32. The van der Waals surface area contributed by atoms with Crippen LogP contribution in [0.5, 0.6) is 0 Å². The largest absolute Gasteiger partial charge is 0.370 e. The number of aliphatic imine (C=N–C) groups is 1. The SMILES string of the molecule is C=C(C)CNC(N)=NCc1cnn(Cc2ccccc2)c1. The third-order valence-electron chi connectivity index (χ3n) is 2.88. The van der Waals surface area contributed by atoms with Crippen molar-refractivity contribution in [1.82, 2.24) is 15.1 Å². The van der Waals surface area contributed by atoms with E-state index in [0.717, 1.165) is 17.7 Å². The van der Waals surface area contributed by atoms with Gasteiger partial charge in [0.2, 0.25) is 0 Å². The number of hydrogen-bond acceptors (Lipinski definition) is 2. The second-order valence-corrected chi connectivity index (χ2v) is 5.04. The van der Waals surface area contributed by atoms with Crippen LogP contribution in [0.1, 0.15) is 18.1 Å². The fourth-order valence-electron chi connectivity index (χ4n) is 1.82. The third kappa shape index (κ3) is 5.14. The first-order valence-corrected chi connectivity index (χ1v) is 6.87. The summed E-state index contributed by atoms with van der Waals surface area (Å²) in [5.41, 5.74) is 9.04. The molecule has 21 heavy (non-hydrogen) atoms. The lowest BCUT2D eigenvalue weighted by Gasteiger charge is -2.04. The number of nitrogens with zero attached hydrogens (tertiary/aromatic N) is 3. The summed E-state index contributed by atoms with van der Waals surface area (Å²) in [5, 5.41) is 7.34. The standard InChI is InChI=1S/C16H21N5/c1-13(2)8-18-16(17)19-9-15-10-20-21(12-15)11-14-6-4-3-5-7-14/h3-7,10,12H,1,8-9,11H2,2H3,(H3,17,18,19). The average molecular weight is 283 g/mol. The van der Waals surface area contributed by atoms with Crippen LogP contribution in [-0.4, -0.2) is 22.3 Å². The van der Waals surface area contributed by atoms with Crippen molar-refractivity contribution in [2.45, 2.75) is 20.0 Å². The first kappa shape index (κ1) is 14.8. The van der Waals surface area contributed by atoms with E-state index >= 15 is 0 Å². The summed E-state index contributed by atoms with van der Waals surface area (Å²) < 4.78 is 1.90. The molecule has 0 radical (unpaired) electrons. The van der Waals surface area contributed by atoms with E-state index in [9.17, 15) is 0 Å². The van der Waals surface area contributed by atoms with E-state index < -0.39 is 0 Å². The zero-order chi connectivity index (χ0) is 15.1. The number of rotatable bonds is 6. The Morgan fingerprint density at radius 3 is 2.81 bits per heavy atom. The molecular formula is C16H21N5. The molecule has 0 aliphatic rings. The highest BCUT2D eigenvalue weighted by atomic mass is 15.3. The molecule has 0 fully saturated rings. The Morgan fingerprint density at radius 1 is 1.33 bits per heavy atom. The summed E-state index contributed by atoms with van der Waals surface area (Å²) in [4.78, 5) is 4.28. The number of aromatic nitrogens is 2. The fraction of sp³-hybridized carbons (Fsp3) is 0.250. The van der Waals surface area contributed by atoms with Crippen molar-refractivity contribution in [2.75, 3.05) is 6.54 Å². The van der Waals surface area contributed by atoms with E-state index in [-0.39, 0.29) is 0 Å². The van der Waals surface area contributed by atoms with Gasteiger partial charge < -0.3 is 11.1 Å². The maximum absolute atomic E-state index is 5.77. The van der Waals surface area contributed by atoms with Crippen molar-refractivity contribution in [3.05, 3.63) is 66.0 Å². The summed E-state index contributed by atoms with van der Waals surface area (Å²) in [5.74, 6) is 0.425. The molecule has 0 aliphatic heterocycles. The monoisotopic (exact) mass is 283 g/mol. The molecule has 3 N–H and O–H groups in total. The van der Waals surface area contributed by atoms with Crippen LogP contribution in [-0.2, 0) is 13.1 Å². The van der Waals surface area contributed by atoms with E-state index in [1.165, 1.54) is 5.56 Å². The molecule has 0 amide bonds. The van der Waals surface area contributed by atoms with Gasteiger partial charge in [-0.05, 0) is 12.5 Å². The molecule has 1 aromatic carbocycles. The zero-order valence-corrected chi connectivity index (χ0v) is 12.3. The van der Waals surface area contributed by atoms with Crippen molar-refractivity contribution in [2.24, 2.45) is 10.7 Å². The summed E-state index contributed by atoms with van der Waals surface area (Å²) in [6.45, 7) is 7.66. The van der Waals surface area contributed by atoms with Crippen LogP contribution in [0, 0.1) is 0 Å². The molecular weight excluding hydrogens is 262 g/mol. The van der Waals surface area contributed by atoms with Gasteiger partial charge in [-0.25, -0.2) is 4.99 Å².